The molecule has 0 saturated heterocycles. The van der Waals surface area contributed by atoms with E-state index in [1.807, 2.05) is 0 Å². The van der Waals surface area contributed by atoms with Crippen LogP contribution in [0.4, 0.5) is 0 Å². The van der Waals surface area contributed by atoms with E-state index in [2.05, 4.69) is 66.0 Å². The van der Waals surface area contributed by atoms with Gasteiger partial charge in [0.05, 0.1) is 16.8 Å². The van der Waals surface area contributed by atoms with Crippen LogP contribution in [0.5, 0.6) is 0 Å². The molecule has 0 bridgehead atoms. The molecule has 1 aliphatic carbocycles. The Bertz CT molecular complexity index is 297. The maximum Gasteiger partial charge on any atom is 0.105 e. The first-order valence-electron chi connectivity index (χ1n) is 5.63. The van der Waals surface area contributed by atoms with Gasteiger partial charge in [0.15, 0.2) is 0 Å². The zero-order valence-corrected chi connectivity index (χ0v) is 15.7. The average molecular weight is 468 g/mol. The molecule has 5 heteroatoms. The normalized spacial score (nSPS) is 45.9. The van der Waals surface area contributed by atoms with Crippen LogP contribution in [-0.4, -0.2) is 39.6 Å². The van der Waals surface area contributed by atoms with Crippen LogP contribution >= 0.6 is 45.2 Å². The molecule has 1 saturated carbocycles. The molecule has 0 radical (unpaired) electrons. The number of methoxy groups -OCH3 is 3. The molecule has 0 heterocycles. The Morgan fingerprint density at radius 1 is 0.706 bits per heavy atom. The summed E-state index contributed by atoms with van der Waals surface area (Å²) in [6, 6.07) is 0. The van der Waals surface area contributed by atoms with Crippen LogP contribution in [0.3, 0.4) is 0 Å². The lowest BCUT2D eigenvalue weighted by atomic mass is 9.67. The van der Waals surface area contributed by atoms with E-state index in [-0.39, 0.29) is 18.2 Å². The first-order chi connectivity index (χ1) is 7.60. The Hall–Kier alpha value is 1.34. The fourth-order valence-corrected chi connectivity index (χ4v) is 4.83. The number of alkyl halides is 2. The van der Waals surface area contributed by atoms with Gasteiger partial charge in [0.25, 0.3) is 0 Å². The molecule has 0 aromatic rings. The van der Waals surface area contributed by atoms with Crippen molar-refractivity contribution in [2.24, 2.45) is 0 Å². The van der Waals surface area contributed by atoms with Gasteiger partial charge in [0.2, 0.25) is 0 Å². The van der Waals surface area contributed by atoms with Gasteiger partial charge < -0.3 is 14.2 Å². The molecule has 0 aromatic carbocycles. The van der Waals surface area contributed by atoms with Gasteiger partial charge in [-0.05, 0) is 20.8 Å². The van der Waals surface area contributed by atoms with E-state index in [1.54, 1.807) is 21.3 Å². The highest BCUT2D eigenvalue weighted by atomic mass is 127. The monoisotopic (exact) mass is 468 g/mol. The molecule has 1 fully saturated rings. The summed E-state index contributed by atoms with van der Waals surface area (Å²) in [7, 11) is 5.29. The standard InChI is InChI=1S/C12H22I2O3/c1-9(15-4)7-11(3,17-6)12(13,14)8-10(9,2)16-5/h7-8H2,1-6H3. The number of hydrogen-bond acceptors (Lipinski definition) is 3. The van der Waals surface area contributed by atoms with Crippen molar-refractivity contribution in [3.8, 4) is 0 Å². The molecule has 0 aromatic heterocycles. The zero-order valence-electron chi connectivity index (χ0n) is 11.4. The van der Waals surface area contributed by atoms with Crippen LogP contribution in [-0.2, 0) is 14.2 Å². The highest BCUT2D eigenvalue weighted by Crippen LogP contribution is 2.58. The van der Waals surface area contributed by atoms with Gasteiger partial charge in [-0.25, -0.2) is 0 Å². The summed E-state index contributed by atoms with van der Waals surface area (Å²) < 4.78 is 17.3. The van der Waals surface area contributed by atoms with Crippen molar-refractivity contribution < 1.29 is 14.2 Å². The molecule has 3 atom stereocenters. The highest BCUT2D eigenvalue weighted by Gasteiger charge is 2.63. The van der Waals surface area contributed by atoms with Crippen molar-refractivity contribution in [3.63, 3.8) is 0 Å². The van der Waals surface area contributed by atoms with Crippen LogP contribution in [0.25, 0.3) is 0 Å². The van der Waals surface area contributed by atoms with Gasteiger partial charge in [0, 0.05) is 34.2 Å². The molecule has 0 aliphatic heterocycles. The summed E-state index contributed by atoms with van der Waals surface area (Å²) in [6.07, 6.45) is 1.69. The van der Waals surface area contributed by atoms with Gasteiger partial charge >= 0.3 is 0 Å². The molecule has 0 amide bonds. The Morgan fingerprint density at radius 3 is 1.41 bits per heavy atom. The second kappa shape index (κ2) is 5.03. The van der Waals surface area contributed by atoms with E-state index < -0.39 is 0 Å². The van der Waals surface area contributed by atoms with Crippen LogP contribution in [0.1, 0.15) is 33.6 Å². The highest BCUT2D eigenvalue weighted by molar-refractivity contribution is 14.2. The van der Waals surface area contributed by atoms with Crippen molar-refractivity contribution >= 4 is 45.2 Å². The minimum absolute atomic E-state index is 0.0138. The third-order valence-electron chi connectivity index (χ3n) is 4.48. The Kier molecular flexibility index (Phi) is 4.85. The average Bonchev–Trinajstić information content (AvgIpc) is 2.26. The third-order valence-corrected chi connectivity index (χ3v) is 7.52. The molecule has 102 valence electrons. The molecule has 0 spiro atoms. The van der Waals surface area contributed by atoms with E-state index in [0.717, 1.165) is 12.8 Å². The van der Waals surface area contributed by atoms with Crippen molar-refractivity contribution in [2.45, 2.75) is 51.8 Å². The van der Waals surface area contributed by atoms with E-state index >= 15 is 0 Å². The molecule has 3 unspecified atom stereocenters. The summed E-state index contributed by atoms with van der Waals surface area (Å²) in [5.74, 6) is 0. The zero-order chi connectivity index (χ0) is 13.5. The van der Waals surface area contributed by atoms with Crippen LogP contribution in [0.15, 0.2) is 0 Å². The molecule has 1 rings (SSSR count). The number of halogens is 2. The quantitative estimate of drug-likeness (QED) is 0.469. The van der Waals surface area contributed by atoms with Crippen molar-refractivity contribution in [1.29, 1.82) is 0 Å². The molecule has 0 N–H and O–H groups in total. The van der Waals surface area contributed by atoms with Gasteiger partial charge in [0.1, 0.15) is 1.43 Å². The van der Waals surface area contributed by atoms with Crippen LogP contribution in [0, 0.1) is 0 Å². The van der Waals surface area contributed by atoms with Gasteiger partial charge in [-0.1, -0.05) is 45.2 Å². The van der Waals surface area contributed by atoms with Crippen molar-refractivity contribution in [3.05, 3.63) is 0 Å². The fourth-order valence-electron chi connectivity index (χ4n) is 2.56. The van der Waals surface area contributed by atoms with Gasteiger partial charge in [-0.15, -0.1) is 0 Å². The van der Waals surface area contributed by atoms with E-state index in [4.69, 9.17) is 14.2 Å². The van der Waals surface area contributed by atoms with E-state index in [1.165, 1.54) is 0 Å². The Morgan fingerprint density at radius 2 is 1.06 bits per heavy atom. The Labute approximate surface area is 132 Å². The van der Waals surface area contributed by atoms with Crippen LogP contribution in [0.2, 0.25) is 0 Å². The summed E-state index contributed by atoms with van der Waals surface area (Å²) in [5, 5.41) is 0. The lowest BCUT2D eigenvalue weighted by molar-refractivity contribution is -0.224. The molecular formula is C12H22I2O3. The second-order valence-corrected chi connectivity index (χ2v) is 11.1. The van der Waals surface area contributed by atoms with E-state index in [0.29, 0.717) is 0 Å². The summed E-state index contributed by atoms with van der Waals surface area (Å²) >= 11 is 4.95. The van der Waals surface area contributed by atoms with Gasteiger partial charge in [-0.3, -0.25) is 0 Å². The molecule has 17 heavy (non-hydrogen) atoms. The molecular weight excluding hydrogens is 446 g/mol. The maximum atomic E-state index is 5.78. The second-order valence-electron chi connectivity index (χ2n) is 5.36. The lowest BCUT2D eigenvalue weighted by Gasteiger charge is -2.58. The predicted octanol–water partition coefficient (Wildman–Crippen LogP) is 3.56. The minimum Gasteiger partial charge on any atom is -0.376 e. The first-order valence-corrected chi connectivity index (χ1v) is 7.79. The lowest BCUT2D eigenvalue weighted by Crippen LogP contribution is -2.67. The third kappa shape index (κ3) is 2.51. The topological polar surface area (TPSA) is 27.7 Å². The fraction of sp³-hybridized carbons (Fsp3) is 1.00. The minimum atomic E-state index is -0.341. The number of ether oxygens (including phenoxy) is 3. The first kappa shape index (κ1) is 16.4. The van der Waals surface area contributed by atoms with Crippen molar-refractivity contribution in [1.82, 2.24) is 0 Å². The maximum absolute atomic E-state index is 5.78. The number of hydrogen-bond donors (Lipinski definition) is 0. The molecule has 3 nitrogen and oxygen atoms in total. The van der Waals surface area contributed by atoms with Crippen LogP contribution < -0.4 is 0 Å². The largest absolute Gasteiger partial charge is 0.376 e. The van der Waals surface area contributed by atoms with Gasteiger partial charge in [-0.2, -0.15) is 0 Å². The smallest absolute Gasteiger partial charge is 0.105 e. The Balaban J connectivity index is 3.20. The van der Waals surface area contributed by atoms with E-state index in [9.17, 15) is 0 Å². The number of rotatable bonds is 3. The molecule has 1 aliphatic rings. The summed E-state index contributed by atoms with van der Waals surface area (Å²) in [4.78, 5) is 0. The summed E-state index contributed by atoms with van der Waals surface area (Å²) in [6.45, 7) is 6.38. The SMILES string of the molecule is COC1(C)CC(C)(OC)C(C)(OC)CC1(I)I. The van der Waals surface area contributed by atoms with Crippen molar-refractivity contribution in [2.75, 3.05) is 21.3 Å². The predicted molar refractivity (Wildman–Crippen MR) is 86.2 cm³/mol. The summed E-state index contributed by atoms with van der Waals surface area (Å²) in [5.41, 5.74) is -0.870.